The summed E-state index contributed by atoms with van der Waals surface area (Å²) < 4.78 is 63.9. The van der Waals surface area contributed by atoms with Crippen LogP contribution in [0.3, 0.4) is 0 Å². The molecule has 3 amide bonds. The van der Waals surface area contributed by atoms with Crippen LogP contribution in [0.25, 0.3) is 0 Å². The van der Waals surface area contributed by atoms with E-state index in [2.05, 4.69) is 154 Å². The Bertz CT molecular complexity index is 5060. The fourth-order valence-corrected chi connectivity index (χ4v) is 12.0. The van der Waals surface area contributed by atoms with Gasteiger partial charge in [-0.15, -0.1) is 0 Å². The summed E-state index contributed by atoms with van der Waals surface area (Å²) in [7, 11) is 4.30. The number of fused-ring (bicyclic) bond motifs is 2. The van der Waals surface area contributed by atoms with Crippen molar-refractivity contribution in [3.05, 3.63) is 232 Å². The van der Waals surface area contributed by atoms with Gasteiger partial charge >= 0.3 is 5.97 Å². The number of carboxylic acids is 1. The zero-order valence-corrected chi connectivity index (χ0v) is 69.7. The van der Waals surface area contributed by atoms with E-state index in [1.165, 1.54) is 126 Å². The molecule has 14 rings (SSSR count). The van der Waals surface area contributed by atoms with Crippen molar-refractivity contribution in [3.63, 3.8) is 0 Å². The molecule has 4 aromatic heterocycles. The van der Waals surface area contributed by atoms with Gasteiger partial charge in [0, 0.05) is 99.9 Å². The minimum absolute atomic E-state index is 0.0397. The van der Waals surface area contributed by atoms with Gasteiger partial charge in [-0.05, 0) is 154 Å². The first-order chi connectivity index (χ1) is 53.6. The lowest BCUT2D eigenvalue weighted by Crippen LogP contribution is -2.44. The van der Waals surface area contributed by atoms with Gasteiger partial charge in [0.15, 0.2) is 28.9 Å². The van der Waals surface area contributed by atoms with E-state index >= 15 is 0 Å². The summed E-state index contributed by atoms with van der Waals surface area (Å²) in [5.41, 5.74) is 15.2. The Labute approximate surface area is 699 Å². The molecule has 0 spiro atoms. The lowest BCUT2D eigenvalue weighted by molar-refractivity contribution is 0.0693. The number of nitrogen functional groups attached to an aromatic ring is 2. The highest BCUT2D eigenvalue weighted by molar-refractivity contribution is 14.2. The van der Waals surface area contributed by atoms with Crippen LogP contribution in [0.1, 0.15) is 41.4 Å². The molecule has 4 aliphatic heterocycles. The van der Waals surface area contributed by atoms with Gasteiger partial charge in [0.2, 0.25) is 17.7 Å². The third kappa shape index (κ3) is 25.5. The number of ether oxygens (including phenoxy) is 2. The third-order valence-corrected chi connectivity index (χ3v) is 19.0. The smallest absolute Gasteiger partial charge is 0.342 e. The first-order valence-corrected chi connectivity index (χ1v) is 41.1. The number of carbonyl (C=O) groups excluding carboxylic acids is 3. The molecule has 10 aromatic rings. The Morgan fingerprint density at radius 1 is 0.545 bits per heavy atom. The maximum Gasteiger partial charge on any atom is 0.342 e. The molecule has 0 bridgehead atoms. The maximum absolute atomic E-state index is 13.4. The summed E-state index contributed by atoms with van der Waals surface area (Å²) in [6.45, 7) is 8.48. The molecule has 0 radical (unpaired) electrons. The number of anilines is 9. The van der Waals surface area contributed by atoms with Crippen LogP contribution in [-0.2, 0) is 0 Å². The second-order valence-electron chi connectivity index (χ2n) is 23.5. The van der Waals surface area contributed by atoms with Crippen LogP contribution in [-0.4, -0.2) is 180 Å². The van der Waals surface area contributed by atoms with E-state index in [1.54, 1.807) is 12.5 Å². The monoisotopic (exact) mass is 1900 g/mol. The molecule has 2 fully saturated rings. The van der Waals surface area contributed by atoms with Crippen molar-refractivity contribution >= 4 is 202 Å². The molecular weight excluding hydrogens is 1830 g/mol. The number of likely N-dealkylation sites (N-methyl/N-ethyl adjacent to an activating group) is 2. The van der Waals surface area contributed by atoms with Crippen LogP contribution in [0.4, 0.5) is 69.0 Å². The molecule has 40 heteroatoms. The maximum atomic E-state index is 13.4. The van der Waals surface area contributed by atoms with Gasteiger partial charge < -0.3 is 66.2 Å². The number of thioether (sulfide) groups is 3. The number of aromatic amines is 2. The summed E-state index contributed by atoms with van der Waals surface area (Å²) in [5.74, 6) is -3.72. The van der Waals surface area contributed by atoms with Crippen molar-refractivity contribution in [2.75, 3.05) is 143 Å². The minimum atomic E-state index is -1.27. The lowest BCUT2D eigenvalue weighted by atomic mass is 10.2. The summed E-state index contributed by atoms with van der Waals surface area (Å²) in [6, 6.07) is 31.2. The minimum Gasteiger partial charge on any atom is -0.477 e. The largest absolute Gasteiger partial charge is 0.477 e. The number of nitrogens with zero attached hydrogens (tertiary/aromatic N) is 12. The highest BCUT2D eigenvalue weighted by Gasteiger charge is 2.32. The number of benzene rings is 6. The average Bonchev–Trinajstić information content (AvgIpc) is 0.792. The van der Waals surface area contributed by atoms with Crippen LogP contribution in [0, 0.1) is 23.3 Å². The normalized spacial score (nSPS) is 13.6. The Morgan fingerprint density at radius 2 is 0.973 bits per heavy atom. The van der Waals surface area contributed by atoms with Gasteiger partial charge in [-0.1, -0.05) is 127 Å². The molecule has 2 saturated heterocycles. The quantitative estimate of drug-likeness (QED) is 0.0149. The van der Waals surface area contributed by atoms with Crippen molar-refractivity contribution in [1.82, 2.24) is 49.7 Å². The molecule has 0 unspecified atom stereocenters. The fourth-order valence-electron chi connectivity index (χ4n) is 10.1. The highest BCUT2D eigenvalue weighted by atomic mass is 127. The molecular formula is C72H70Cl4F4I2N18O9S3. The van der Waals surface area contributed by atoms with Crippen molar-refractivity contribution < 1.29 is 51.3 Å². The number of hydrogen-bond donors (Lipinski definition) is 7. The Kier molecular flexibility index (Phi) is 34.3. The first-order valence-electron chi connectivity index (χ1n) is 32.9. The van der Waals surface area contributed by atoms with Crippen molar-refractivity contribution in [2.24, 2.45) is 0 Å². The van der Waals surface area contributed by atoms with Crippen molar-refractivity contribution in [1.29, 1.82) is 0 Å². The molecule has 4 aliphatic rings. The van der Waals surface area contributed by atoms with E-state index in [4.69, 9.17) is 72.5 Å². The standard InChI is InChI=1S/C23H22ClFN6O2.C13H9ClFN3O2S.C12H9ClFN3O2S.C11H17N3.C6H5ClFN.C6H6N2O3S.CH2I2/c1-29-8-10-30(11-9-29)17-5-3-16(4-6-17)27-23-26-13-18-21(28-23)33-14-31(22(18)32)20-7-2-15(25)12-19(20)24;1-21-13-16-5-8-11(17-13)20-6-18(12(8)19)10-3-2-7(15)4-9(10)14;1-20-12-15-5-7(11(19)17-12)10(18)16-9-3-2-6(14)4-8(9)13;1-13-6-8-14(9-7-13)11-4-2-10(12)3-5-11;7-5-3-4(8)1-2-6(5)9;1-12-6-7-2-3(5(10)11)4(9)8-6;2-1-3/h2-7,12-13H,8-11,14H2,1H3,(H,26,27,28);2-5H,6H2,1H3;2-5H,1H3,(H,16,18)(H,15,17,19);2-5H,6-9,12H2,1H3;1-3H,9H2;2H,1H3,(H,10,11)(H,7,8,9);1H2. The molecule has 27 nitrogen and oxygen atoms in total. The van der Waals surface area contributed by atoms with Gasteiger partial charge in [-0.25, -0.2) is 42.3 Å². The number of H-pyrrole nitrogens is 2. The Morgan fingerprint density at radius 3 is 1.40 bits per heavy atom. The zero-order chi connectivity index (χ0) is 81.3. The molecule has 6 aromatic carbocycles. The number of carboxylic acid groups (broad SMARTS) is 1. The number of hydrogen-bond acceptors (Lipinski definition) is 24. The van der Waals surface area contributed by atoms with Crippen molar-refractivity contribution in [3.8, 4) is 11.8 Å². The average molecular weight is 1900 g/mol. The number of aromatic carboxylic acids is 1. The molecule has 8 heterocycles. The van der Waals surface area contributed by atoms with Crippen LogP contribution in [0.15, 0.2) is 171 Å². The summed E-state index contributed by atoms with van der Waals surface area (Å²) in [5, 5.41) is 15.9. The van der Waals surface area contributed by atoms with E-state index in [9.17, 15) is 46.3 Å². The van der Waals surface area contributed by atoms with E-state index in [0.717, 1.165) is 94.2 Å². The van der Waals surface area contributed by atoms with E-state index in [1.807, 2.05) is 30.5 Å². The molecule has 9 N–H and O–H groups in total. The summed E-state index contributed by atoms with van der Waals surface area (Å²) in [6.07, 6.45) is 10.4. The number of halogens is 10. The van der Waals surface area contributed by atoms with Gasteiger partial charge in [0.25, 0.3) is 28.8 Å². The molecule has 112 heavy (non-hydrogen) atoms. The van der Waals surface area contributed by atoms with Crippen LogP contribution in [0.2, 0.25) is 20.1 Å². The van der Waals surface area contributed by atoms with Crippen LogP contribution >= 0.6 is 127 Å². The topological polar surface area (TPSA) is 346 Å². The van der Waals surface area contributed by atoms with Gasteiger partial charge in [-0.2, -0.15) is 9.97 Å². The number of carbonyl (C=O) groups is 4. The van der Waals surface area contributed by atoms with Gasteiger partial charge in [-0.3, -0.25) is 33.8 Å². The Hall–Kier alpha value is -8.97. The lowest BCUT2D eigenvalue weighted by Gasteiger charge is -2.34. The fraction of sp³-hybridized carbons (Fsp3) is 0.222. The highest BCUT2D eigenvalue weighted by Crippen LogP contribution is 2.35. The van der Waals surface area contributed by atoms with Gasteiger partial charge in [0.05, 0.1) is 45.3 Å². The number of nitrogens with two attached hydrogens (primary N) is 2. The Balaban J connectivity index is 0.000000176. The van der Waals surface area contributed by atoms with Gasteiger partial charge in [0.1, 0.15) is 45.5 Å². The molecule has 0 aliphatic carbocycles. The number of aromatic nitrogens is 8. The van der Waals surface area contributed by atoms with Crippen LogP contribution in [0.5, 0.6) is 11.8 Å². The molecule has 590 valence electrons. The van der Waals surface area contributed by atoms with E-state index in [0.29, 0.717) is 38.5 Å². The summed E-state index contributed by atoms with van der Waals surface area (Å²) >= 11 is 31.7. The first kappa shape index (κ1) is 88.6. The number of amides is 3. The van der Waals surface area contributed by atoms with E-state index in [-0.39, 0.29) is 90.9 Å². The number of piperazine rings is 2. The molecule has 0 saturated carbocycles. The predicted molar refractivity (Wildman–Crippen MR) is 452 cm³/mol. The number of alkyl halides is 2. The number of nitrogens with one attached hydrogen (secondary N) is 4. The number of rotatable bonds is 12. The van der Waals surface area contributed by atoms with Crippen molar-refractivity contribution in [2.45, 2.75) is 15.5 Å². The predicted octanol–water partition coefficient (Wildman–Crippen LogP) is 14.4. The molecule has 0 atom stereocenters. The van der Waals surface area contributed by atoms with Crippen LogP contribution < -0.4 is 62.3 Å². The SMILES string of the molecule is CN1CCN(c2ccc(N)cc2)CC1.CN1CCN(c2ccc(Nc3ncc4c(n3)OCN(c3ccc(F)cc3Cl)C4=O)cc2)CC1.CSc1ncc(C(=O)Nc2ccc(F)cc2Cl)c(=O)[nH]1.CSc1ncc(C(=O)O)c(=O)[nH]1.CSc1ncc2c(n1)OCN(c1ccc(F)cc1Cl)C2=O.ICI.Nc1ccc(F)cc1Cl. The third-order valence-electron chi connectivity index (χ3n) is 16.0. The second-order valence-corrected chi connectivity index (χ2v) is 31.9. The summed E-state index contributed by atoms with van der Waals surface area (Å²) in [4.78, 5) is 112. The van der Waals surface area contributed by atoms with E-state index < -0.39 is 40.4 Å². The second kappa shape index (κ2) is 43.3. The zero-order valence-electron chi connectivity index (χ0n) is 59.9.